The van der Waals surface area contributed by atoms with Crippen LogP contribution in [0.5, 0.6) is 0 Å². The molecule has 6 amide bonds. The molecule has 11 N–H and O–H groups in total. The van der Waals surface area contributed by atoms with Crippen LogP contribution in [0.2, 0.25) is 0 Å². The number of fused-ring (bicyclic) bond motifs is 5. The second-order valence-electron chi connectivity index (χ2n) is 26.8. The fourth-order valence-corrected chi connectivity index (χ4v) is 13.0. The van der Waals surface area contributed by atoms with Gasteiger partial charge in [0.1, 0.15) is 23.8 Å². The molecule has 1 saturated heterocycles. The van der Waals surface area contributed by atoms with Crippen molar-refractivity contribution in [3.05, 3.63) is 54.1 Å². The standard InChI is InChI=1S/C73H111N14O27P/c1-107-66(96)49-83-32-30-82(31-33-84(50-67(97)108-2)35-37-85(36-34-83)51-68(98)109-3)48-63(92)75-27-12-29-87-70-53-14-7-6-13-52(53)47-86(58-17-9-8-15-54(58)69(70)79-81-87)64(93)23-22-59(88)76-28-40-111-42-44-113-46-45-112-43-41-110-39-25-60(89)74-26-10-4-5-18-61(90)78-56(72(101)102)19-21-62(91)77-55(71(99)100)16-11-38-114-115(105,106)80-57(73(103)104)20-24-65(94)95/h6-9,13-15,17,55-57H,4-5,10-12,16,18-51H2,1-3H3,(H,74,89)(H,75,92)(H,76,88)(H,77,91)(H,78,90)(H,94,95)(H,99,100)(H,101,102)(H,103,104)(H2,80,105,106)/t55-,56+,57?/m0/s1. The molecule has 640 valence electrons. The summed E-state index contributed by atoms with van der Waals surface area (Å²) in [5.74, 6) is -9.62. The van der Waals surface area contributed by atoms with Gasteiger partial charge < -0.3 is 90.0 Å². The number of anilines is 1. The Morgan fingerprint density at radius 1 is 0.461 bits per heavy atom. The largest absolute Gasteiger partial charge is 0.481 e. The highest BCUT2D eigenvalue weighted by Crippen LogP contribution is 2.42. The van der Waals surface area contributed by atoms with Gasteiger partial charge in [-0.25, -0.2) is 23.9 Å². The van der Waals surface area contributed by atoms with Crippen LogP contribution in [0.25, 0.3) is 22.5 Å². The topological polar surface area (TPSA) is 533 Å². The molecule has 0 saturated carbocycles. The Bertz CT molecular complexity index is 3650. The molecule has 0 bridgehead atoms. The predicted molar refractivity (Wildman–Crippen MR) is 408 cm³/mol. The second-order valence-corrected chi connectivity index (χ2v) is 28.4. The number of amides is 6. The molecular formula is C73H111N14O27P. The third-order valence-electron chi connectivity index (χ3n) is 18.2. The van der Waals surface area contributed by atoms with Gasteiger partial charge in [0.15, 0.2) is 0 Å². The minimum atomic E-state index is -4.76. The number of aryl methyl sites for hydroxylation is 1. The van der Waals surface area contributed by atoms with Gasteiger partial charge in [0.2, 0.25) is 35.4 Å². The monoisotopic (exact) mass is 1650 g/mol. The summed E-state index contributed by atoms with van der Waals surface area (Å²) in [5, 5.41) is 61.4. The Labute approximate surface area is 665 Å². The summed E-state index contributed by atoms with van der Waals surface area (Å²) in [7, 11) is -0.804. The number of unbranched alkanes of at least 4 members (excludes halogenated alkanes) is 2. The number of esters is 3. The number of aromatic nitrogens is 3. The van der Waals surface area contributed by atoms with Crippen molar-refractivity contribution in [1.29, 1.82) is 0 Å². The zero-order valence-corrected chi connectivity index (χ0v) is 66.3. The summed E-state index contributed by atoms with van der Waals surface area (Å²) in [6.07, 6.45) is -0.746. The molecule has 41 nitrogen and oxygen atoms in total. The number of hydrogen-bond donors (Lipinski definition) is 11. The molecule has 2 aromatic carbocycles. The fourth-order valence-electron chi connectivity index (χ4n) is 11.9. The lowest BCUT2D eigenvalue weighted by Gasteiger charge is -2.33. The van der Waals surface area contributed by atoms with Crippen molar-refractivity contribution >= 4 is 90.7 Å². The van der Waals surface area contributed by atoms with Gasteiger partial charge in [0, 0.05) is 128 Å². The minimum absolute atomic E-state index is 0.0139. The first-order valence-electron chi connectivity index (χ1n) is 38.1. The van der Waals surface area contributed by atoms with E-state index in [2.05, 4.69) is 36.9 Å². The number of rotatable bonds is 54. The smallest absolute Gasteiger partial charge is 0.403 e. The summed E-state index contributed by atoms with van der Waals surface area (Å²) in [6.45, 7) is 6.29. The third-order valence-corrected chi connectivity index (χ3v) is 19.4. The highest BCUT2D eigenvalue weighted by atomic mass is 31.2. The molecule has 3 aromatic rings. The molecule has 0 radical (unpaired) electrons. The van der Waals surface area contributed by atoms with Crippen LogP contribution in [0.3, 0.4) is 0 Å². The maximum atomic E-state index is 14.2. The molecule has 2 aliphatic rings. The van der Waals surface area contributed by atoms with E-state index in [0.29, 0.717) is 115 Å². The molecular weight excluding hydrogens is 1540 g/mol. The van der Waals surface area contributed by atoms with Gasteiger partial charge in [-0.3, -0.25) is 76.9 Å². The van der Waals surface area contributed by atoms with E-state index in [-0.39, 0.29) is 161 Å². The summed E-state index contributed by atoms with van der Waals surface area (Å²) in [5.41, 5.74) is 4.26. The molecule has 0 aliphatic carbocycles. The number of carbonyl (C=O) groups is 13. The van der Waals surface area contributed by atoms with Crippen LogP contribution >= 0.6 is 7.75 Å². The molecule has 4 atom stereocenters. The Balaban J connectivity index is 0.902. The highest BCUT2D eigenvalue weighted by molar-refractivity contribution is 7.50. The number of carboxylic acids is 4. The average Bonchev–Trinajstić information content (AvgIpc) is 1.66. The molecule has 0 spiro atoms. The van der Waals surface area contributed by atoms with Crippen molar-refractivity contribution in [3.8, 4) is 22.5 Å². The van der Waals surface area contributed by atoms with E-state index in [1.807, 2.05) is 77.9 Å². The van der Waals surface area contributed by atoms with E-state index in [4.69, 9.17) is 42.8 Å². The van der Waals surface area contributed by atoms with E-state index < -0.39 is 105 Å². The van der Waals surface area contributed by atoms with Crippen molar-refractivity contribution in [2.45, 2.75) is 121 Å². The van der Waals surface area contributed by atoms with Gasteiger partial charge in [-0.2, -0.15) is 0 Å². The van der Waals surface area contributed by atoms with E-state index >= 15 is 0 Å². The molecule has 3 heterocycles. The Morgan fingerprint density at radius 2 is 0.939 bits per heavy atom. The maximum absolute atomic E-state index is 14.2. The first kappa shape index (κ1) is 96.1. The number of aliphatic carboxylic acids is 4. The number of benzene rings is 2. The number of hydrogen-bond acceptors (Lipinski definition) is 28. The molecule has 1 aromatic heterocycles. The molecule has 115 heavy (non-hydrogen) atoms. The molecule has 2 unspecified atom stereocenters. The van der Waals surface area contributed by atoms with Gasteiger partial charge in [0.05, 0.1) is 125 Å². The summed E-state index contributed by atoms with van der Waals surface area (Å²) in [6, 6.07) is 10.4. The zero-order valence-electron chi connectivity index (χ0n) is 65.4. The normalized spacial score (nSPS) is 15.0. The highest BCUT2D eigenvalue weighted by Gasteiger charge is 2.33. The number of carboxylic acid groups (broad SMARTS) is 4. The van der Waals surface area contributed by atoms with Crippen molar-refractivity contribution in [1.82, 2.24) is 66.3 Å². The number of para-hydroxylation sites is 1. The lowest BCUT2D eigenvalue weighted by Crippen LogP contribution is -2.50. The molecule has 42 heteroatoms. The first-order chi connectivity index (χ1) is 55.2. The van der Waals surface area contributed by atoms with Crippen LogP contribution in [-0.2, 0) is 118 Å². The summed E-state index contributed by atoms with van der Waals surface area (Å²) in [4.78, 5) is 180. The van der Waals surface area contributed by atoms with Gasteiger partial charge in [-0.05, 0) is 56.6 Å². The van der Waals surface area contributed by atoms with Crippen molar-refractivity contribution in [3.63, 3.8) is 0 Å². The van der Waals surface area contributed by atoms with E-state index in [0.717, 1.165) is 16.8 Å². The van der Waals surface area contributed by atoms with Crippen LogP contribution in [0.4, 0.5) is 5.69 Å². The van der Waals surface area contributed by atoms with Crippen molar-refractivity contribution in [2.24, 2.45) is 0 Å². The van der Waals surface area contributed by atoms with Gasteiger partial charge in [0.25, 0.3) is 0 Å². The summed E-state index contributed by atoms with van der Waals surface area (Å²) < 4.78 is 55.9. The van der Waals surface area contributed by atoms with Gasteiger partial charge in [-0.15, -0.1) is 5.10 Å². The number of nitrogens with one attached hydrogen (secondary N) is 6. The first-order valence-corrected chi connectivity index (χ1v) is 39.6. The Morgan fingerprint density at radius 3 is 1.50 bits per heavy atom. The lowest BCUT2D eigenvalue weighted by molar-refractivity contribution is -0.144. The van der Waals surface area contributed by atoms with Crippen LogP contribution in [0.15, 0.2) is 48.5 Å². The average molecular weight is 1650 g/mol. The van der Waals surface area contributed by atoms with E-state index in [9.17, 15) is 87.1 Å². The number of carbonyl (C=O) groups excluding carboxylic acids is 9. The number of nitrogens with zero attached hydrogens (tertiary/aromatic N) is 8. The van der Waals surface area contributed by atoms with Crippen molar-refractivity contribution < 1.29 is 130 Å². The van der Waals surface area contributed by atoms with Crippen LogP contribution in [0.1, 0.15) is 95.5 Å². The minimum Gasteiger partial charge on any atom is -0.481 e. The van der Waals surface area contributed by atoms with Crippen molar-refractivity contribution in [2.75, 3.05) is 184 Å². The van der Waals surface area contributed by atoms with Crippen LogP contribution in [-0.4, -0.2) is 334 Å². The number of ether oxygens (including phenoxy) is 7. The zero-order chi connectivity index (χ0) is 83.9. The van der Waals surface area contributed by atoms with Crippen LogP contribution < -0.4 is 36.6 Å². The van der Waals surface area contributed by atoms with Gasteiger partial charge in [-0.1, -0.05) is 54.1 Å². The van der Waals surface area contributed by atoms with E-state index in [1.54, 1.807) is 4.90 Å². The lowest BCUT2D eigenvalue weighted by atomic mass is 9.95. The predicted octanol–water partition coefficient (Wildman–Crippen LogP) is -0.541. The Kier molecular flexibility index (Phi) is 44.8. The second kappa shape index (κ2) is 53.6. The van der Waals surface area contributed by atoms with Crippen LogP contribution in [0, 0.1) is 0 Å². The van der Waals surface area contributed by atoms with Gasteiger partial charge >= 0.3 is 49.5 Å². The summed E-state index contributed by atoms with van der Waals surface area (Å²) >= 11 is 0. The fraction of sp³-hybridized carbons (Fsp3) is 0.630. The Hall–Kier alpha value is -9.52. The SMILES string of the molecule is COC(=O)CN1CCN(CC(=O)NCCCn2nnc3c2-c2ccccc2CN(C(=O)CCC(=O)NCCOCCOCCOCCOCCC(=O)NCCCCCC(=O)N[C@H](CCC(=O)N[C@@H](CCCOP(=O)(O)NC(CCC(=O)O)C(=O)O)C(=O)O)C(=O)O)c2ccccc2-3)CCN(CC(=O)OC)CCN(CC(=O)OC)CC1. The molecule has 5 rings (SSSR count). The quantitative estimate of drug-likeness (QED) is 0.0146. The molecule has 1 fully saturated rings. The maximum Gasteiger partial charge on any atom is 0.403 e. The molecule has 2 aliphatic heterocycles. The number of methoxy groups -OCH3 is 3. The van der Waals surface area contributed by atoms with E-state index in [1.165, 1.54) is 21.3 Å². The third kappa shape index (κ3) is 38.2.